The van der Waals surface area contributed by atoms with Crippen LogP contribution < -0.4 is 0 Å². The molecule has 2 spiro atoms. The number of aliphatic hydroxyl groups is 2. The van der Waals surface area contributed by atoms with Crippen LogP contribution in [0.15, 0.2) is 0 Å². The van der Waals surface area contributed by atoms with Gasteiger partial charge in [0.2, 0.25) is 5.91 Å². The normalized spacial score (nSPS) is 51.9. The van der Waals surface area contributed by atoms with E-state index in [1.165, 1.54) is 32.1 Å². The average molecular weight is 572 g/mol. The fourth-order valence-electron chi connectivity index (χ4n) is 12.8. The maximum absolute atomic E-state index is 13.5. The molecule has 41 heavy (non-hydrogen) atoms. The molecule has 1 heterocycles. The molecule has 0 radical (unpaired) electrons. The van der Waals surface area contributed by atoms with Crippen molar-refractivity contribution in [3.63, 3.8) is 0 Å². The second kappa shape index (κ2) is 8.75. The predicted octanol–water partition coefficient (Wildman–Crippen LogP) is 6.83. The second-order valence-electron chi connectivity index (χ2n) is 19.0. The second-order valence-corrected chi connectivity index (χ2v) is 19.0. The van der Waals surface area contributed by atoms with E-state index < -0.39 is 11.5 Å². The fraction of sp³-hybridized carbons (Fsp3) is 0.972. The lowest BCUT2D eigenvalue weighted by molar-refractivity contribution is -0.182. The van der Waals surface area contributed by atoms with Crippen molar-refractivity contribution in [3.8, 4) is 0 Å². The molecular formula is C36H61NO4. The van der Waals surface area contributed by atoms with E-state index in [2.05, 4.69) is 55.4 Å². The van der Waals surface area contributed by atoms with E-state index in [1.807, 2.05) is 25.7 Å². The van der Waals surface area contributed by atoms with Crippen LogP contribution in [0.4, 0.5) is 0 Å². The SMILES string of the molecule is C[C@@H]1C[C@H](CN(C(=O)C(C)(C)C)C(C)(C)C)O[C@H]2[C@H]1[C@@]1(C)CC[C@@]34C[C@@]35CC[C@H](O)C(C)(C)C5CCC4[C@]1(C)[C@H]2O. The Hall–Kier alpha value is -0.650. The first-order valence-electron chi connectivity index (χ1n) is 17.0. The number of amides is 1. The summed E-state index contributed by atoms with van der Waals surface area (Å²) in [5.41, 5.74) is -0.222. The molecule has 0 aromatic rings. The summed E-state index contributed by atoms with van der Waals surface area (Å²) >= 11 is 0. The van der Waals surface area contributed by atoms with Crippen LogP contribution in [0, 0.1) is 56.2 Å². The van der Waals surface area contributed by atoms with E-state index in [4.69, 9.17) is 4.74 Å². The first kappa shape index (κ1) is 30.4. The van der Waals surface area contributed by atoms with Crippen LogP contribution in [0.25, 0.3) is 0 Å². The summed E-state index contributed by atoms with van der Waals surface area (Å²) < 4.78 is 7.01. The van der Waals surface area contributed by atoms with E-state index in [0.717, 1.165) is 19.3 Å². The summed E-state index contributed by atoms with van der Waals surface area (Å²) in [5.74, 6) is 2.05. The molecule has 5 heteroatoms. The van der Waals surface area contributed by atoms with Gasteiger partial charge in [0.15, 0.2) is 0 Å². The van der Waals surface area contributed by atoms with Gasteiger partial charge >= 0.3 is 0 Å². The third kappa shape index (κ3) is 3.73. The van der Waals surface area contributed by atoms with E-state index in [1.54, 1.807) is 0 Å². The van der Waals surface area contributed by atoms with Gasteiger partial charge in [0.05, 0.1) is 24.4 Å². The summed E-state index contributed by atoms with van der Waals surface area (Å²) in [6, 6.07) is 0. The maximum atomic E-state index is 13.5. The monoisotopic (exact) mass is 571 g/mol. The third-order valence-electron chi connectivity index (χ3n) is 14.9. The van der Waals surface area contributed by atoms with Crippen molar-refractivity contribution >= 4 is 5.91 Å². The lowest BCUT2D eigenvalue weighted by Crippen LogP contribution is -2.59. The highest BCUT2D eigenvalue weighted by atomic mass is 16.5. The molecule has 12 atom stereocenters. The molecule has 234 valence electrons. The van der Waals surface area contributed by atoms with Gasteiger partial charge in [-0.15, -0.1) is 0 Å². The summed E-state index contributed by atoms with van der Waals surface area (Å²) in [7, 11) is 0. The zero-order valence-electron chi connectivity index (χ0n) is 28.1. The van der Waals surface area contributed by atoms with Crippen molar-refractivity contribution in [3.05, 3.63) is 0 Å². The standard InChI is InChI=1S/C36H61NO4/c1-21-18-22(19-37(31(5,6)7)29(40)30(2,3)4)41-27-26(21)33(10)16-17-36-20-35(36)15-14-25(38)32(8,9)23(35)12-13-24(36)34(33,11)28(27)39/h21-28,38-39H,12-20H2,1-11H3/t21-,22-,23?,24?,25+,26+,27+,28+,33-,34-,35-,36+/m1/s1. The number of ether oxygens (including phenoxy) is 1. The van der Waals surface area contributed by atoms with Gasteiger partial charge in [-0.25, -0.2) is 0 Å². The minimum atomic E-state index is -0.484. The minimum Gasteiger partial charge on any atom is -0.393 e. The van der Waals surface area contributed by atoms with Crippen molar-refractivity contribution in [1.82, 2.24) is 4.90 Å². The highest BCUT2D eigenvalue weighted by Gasteiger charge is 2.84. The van der Waals surface area contributed by atoms with Crippen molar-refractivity contribution < 1.29 is 19.7 Å². The van der Waals surface area contributed by atoms with Crippen LogP contribution in [0.3, 0.4) is 0 Å². The maximum Gasteiger partial charge on any atom is 0.228 e. The predicted molar refractivity (Wildman–Crippen MR) is 163 cm³/mol. The van der Waals surface area contributed by atoms with Crippen LogP contribution in [0.5, 0.6) is 0 Å². The topological polar surface area (TPSA) is 70.0 Å². The molecule has 5 nitrogen and oxygen atoms in total. The lowest BCUT2D eigenvalue weighted by Gasteiger charge is -2.63. The Morgan fingerprint density at radius 1 is 0.902 bits per heavy atom. The number of carbonyl (C=O) groups is 1. The first-order chi connectivity index (χ1) is 18.7. The molecule has 6 rings (SSSR count). The van der Waals surface area contributed by atoms with Crippen LogP contribution in [0.1, 0.15) is 128 Å². The number of carbonyl (C=O) groups excluding carboxylic acids is 1. The molecule has 1 amide bonds. The Morgan fingerprint density at radius 2 is 1.51 bits per heavy atom. The summed E-state index contributed by atoms with van der Waals surface area (Å²) in [4.78, 5) is 15.6. The molecule has 6 fully saturated rings. The Morgan fingerprint density at radius 3 is 2.12 bits per heavy atom. The van der Waals surface area contributed by atoms with Gasteiger partial charge in [-0.3, -0.25) is 4.79 Å². The van der Waals surface area contributed by atoms with Crippen LogP contribution >= 0.6 is 0 Å². The molecule has 0 aromatic heterocycles. The van der Waals surface area contributed by atoms with E-state index >= 15 is 0 Å². The molecule has 2 unspecified atom stereocenters. The Labute approximate surface area is 250 Å². The van der Waals surface area contributed by atoms with Crippen molar-refractivity contribution in [1.29, 1.82) is 0 Å². The molecule has 0 bridgehead atoms. The molecular weight excluding hydrogens is 510 g/mol. The third-order valence-corrected chi connectivity index (χ3v) is 14.9. The smallest absolute Gasteiger partial charge is 0.228 e. The first-order valence-corrected chi connectivity index (χ1v) is 17.0. The Kier molecular flexibility index (Phi) is 6.48. The highest BCUT2D eigenvalue weighted by molar-refractivity contribution is 5.82. The van der Waals surface area contributed by atoms with E-state index in [0.29, 0.717) is 41.0 Å². The molecule has 5 aliphatic carbocycles. The van der Waals surface area contributed by atoms with Crippen molar-refractivity contribution in [2.24, 2.45) is 56.2 Å². The average Bonchev–Trinajstić information content (AvgIpc) is 3.48. The molecule has 2 N–H and O–H groups in total. The van der Waals surface area contributed by atoms with Gasteiger partial charge in [0.25, 0.3) is 0 Å². The fourth-order valence-corrected chi connectivity index (χ4v) is 12.8. The molecule has 1 aliphatic heterocycles. The quantitative estimate of drug-likeness (QED) is 0.381. The number of rotatable bonds is 2. The van der Waals surface area contributed by atoms with Crippen molar-refractivity contribution in [2.45, 2.75) is 157 Å². The van der Waals surface area contributed by atoms with Gasteiger partial charge in [0.1, 0.15) is 0 Å². The minimum absolute atomic E-state index is 0.0229. The highest BCUT2D eigenvalue weighted by Crippen LogP contribution is 2.89. The van der Waals surface area contributed by atoms with Crippen LogP contribution in [-0.2, 0) is 9.53 Å². The zero-order chi connectivity index (χ0) is 30.3. The number of hydrogen-bond acceptors (Lipinski definition) is 4. The molecule has 0 aromatic carbocycles. The van der Waals surface area contributed by atoms with Gasteiger partial charge in [0, 0.05) is 22.9 Å². The van der Waals surface area contributed by atoms with Gasteiger partial charge in [-0.2, -0.15) is 0 Å². The largest absolute Gasteiger partial charge is 0.393 e. The molecule has 1 saturated heterocycles. The zero-order valence-corrected chi connectivity index (χ0v) is 28.1. The number of hydrogen-bond donors (Lipinski definition) is 2. The van der Waals surface area contributed by atoms with Crippen LogP contribution in [-0.4, -0.2) is 57.5 Å². The summed E-state index contributed by atoms with van der Waals surface area (Å²) in [6.45, 7) is 25.0. The van der Waals surface area contributed by atoms with E-state index in [9.17, 15) is 15.0 Å². The van der Waals surface area contributed by atoms with E-state index in [-0.39, 0.29) is 46.0 Å². The number of aliphatic hydroxyl groups excluding tert-OH is 2. The lowest BCUT2D eigenvalue weighted by atomic mass is 9.41. The molecule has 5 saturated carbocycles. The Balaban J connectivity index is 1.30. The van der Waals surface area contributed by atoms with Gasteiger partial charge in [-0.05, 0) is 117 Å². The van der Waals surface area contributed by atoms with Gasteiger partial charge < -0.3 is 19.8 Å². The van der Waals surface area contributed by atoms with Gasteiger partial charge in [-0.1, -0.05) is 55.4 Å². The number of nitrogens with zero attached hydrogens (tertiary/aromatic N) is 1. The Bertz CT molecular complexity index is 1090. The van der Waals surface area contributed by atoms with Crippen LogP contribution in [0.2, 0.25) is 0 Å². The summed E-state index contributed by atoms with van der Waals surface area (Å²) in [6.07, 6.45) is 8.22. The van der Waals surface area contributed by atoms with Crippen molar-refractivity contribution in [2.75, 3.05) is 6.54 Å². The number of fused-ring (bicyclic) bond motifs is 4. The summed E-state index contributed by atoms with van der Waals surface area (Å²) in [5, 5.41) is 23.5. The molecule has 6 aliphatic rings.